The zero-order chi connectivity index (χ0) is 22.9. The number of benzene rings is 3. The van der Waals surface area contributed by atoms with Gasteiger partial charge in [0.2, 0.25) is 0 Å². The lowest BCUT2D eigenvalue weighted by molar-refractivity contribution is -0.113. The van der Waals surface area contributed by atoms with E-state index in [0.717, 1.165) is 17.0 Å². The van der Waals surface area contributed by atoms with E-state index in [1.807, 2.05) is 91.0 Å². The first-order valence-corrected chi connectivity index (χ1v) is 11.7. The van der Waals surface area contributed by atoms with E-state index in [1.54, 1.807) is 4.90 Å². The molecule has 0 spiro atoms. The van der Waals surface area contributed by atoms with Gasteiger partial charge in [-0.2, -0.15) is 0 Å². The number of carbonyl (C=O) groups excluding carboxylic acids is 1. The van der Waals surface area contributed by atoms with Crippen molar-refractivity contribution in [3.63, 3.8) is 0 Å². The van der Waals surface area contributed by atoms with E-state index in [4.69, 9.17) is 26.4 Å². The summed E-state index contributed by atoms with van der Waals surface area (Å²) in [6.45, 7) is 1.85. The summed E-state index contributed by atoms with van der Waals surface area (Å²) in [7, 11) is 0. The van der Waals surface area contributed by atoms with Crippen molar-refractivity contribution < 1.29 is 19.0 Å². The molecule has 0 saturated carbocycles. The lowest BCUT2D eigenvalue weighted by Crippen LogP contribution is -2.27. The van der Waals surface area contributed by atoms with Gasteiger partial charge in [-0.15, -0.1) is 0 Å². The molecule has 0 N–H and O–H groups in total. The van der Waals surface area contributed by atoms with Crippen LogP contribution in [0, 0.1) is 0 Å². The van der Waals surface area contributed by atoms with Crippen LogP contribution in [0.5, 0.6) is 11.5 Å². The van der Waals surface area contributed by atoms with Crippen molar-refractivity contribution in [3.8, 4) is 11.5 Å². The molecule has 1 aliphatic rings. The molecule has 0 bridgehead atoms. The van der Waals surface area contributed by atoms with Gasteiger partial charge in [0.1, 0.15) is 24.7 Å². The lowest BCUT2D eigenvalue weighted by Gasteiger charge is -2.13. The summed E-state index contributed by atoms with van der Waals surface area (Å²) in [5.74, 6) is 1.43. The van der Waals surface area contributed by atoms with Gasteiger partial charge in [-0.1, -0.05) is 72.5 Å². The summed E-state index contributed by atoms with van der Waals surface area (Å²) in [5, 5.41) is 0. The van der Waals surface area contributed by atoms with Crippen molar-refractivity contribution >= 4 is 46.0 Å². The number of anilines is 1. The number of carbonyl (C=O) groups is 1. The summed E-state index contributed by atoms with van der Waals surface area (Å²) in [6, 6.07) is 26.7. The second-order valence-electron chi connectivity index (χ2n) is 7.05. The highest BCUT2D eigenvalue weighted by Crippen LogP contribution is 2.36. The summed E-state index contributed by atoms with van der Waals surface area (Å²) in [5.41, 5.74) is 1.65. The van der Waals surface area contributed by atoms with E-state index in [9.17, 15) is 4.79 Å². The molecule has 1 aliphatic heterocycles. The lowest BCUT2D eigenvalue weighted by atomic mass is 10.2. The minimum atomic E-state index is -0.117. The van der Waals surface area contributed by atoms with Crippen LogP contribution in [-0.2, 0) is 9.53 Å². The molecule has 0 atom stereocenters. The van der Waals surface area contributed by atoms with Crippen LogP contribution >= 0.6 is 24.0 Å². The third kappa shape index (κ3) is 6.44. The van der Waals surface area contributed by atoms with Crippen LogP contribution in [0.2, 0.25) is 0 Å². The van der Waals surface area contributed by atoms with Crippen molar-refractivity contribution in [2.45, 2.75) is 0 Å². The van der Waals surface area contributed by atoms with E-state index in [0.29, 0.717) is 41.4 Å². The molecule has 1 saturated heterocycles. The number of amides is 1. The molecule has 0 aliphatic carbocycles. The van der Waals surface area contributed by atoms with Gasteiger partial charge in [0.15, 0.2) is 4.32 Å². The Morgan fingerprint density at radius 3 is 2.15 bits per heavy atom. The van der Waals surface area contributed by atoms with Gasteiger partial charge in [0.05, 0.1) is 23.8 Å². The Balaban J connectivity index is 1.25. The number of thiocarbonyl (C=S) groups is 1. The number of thioether (sulfide) groups is 1. The predicted octanol–water partition coefficient (Wildman–Crippen LogP) is 5.57. The molecular formula is C26H23NO4S2. The van der Waals surface area contributed by atoms with Crippen molar-refractivity contribution in [1.29, 1.82) is 0 Å². The van der Waals surface area contributed by atoms with E-state index in [1.165, 1.54) is 11.8 Å². The Morgan fingerprint density at radius 2 is 1.42 bits per heavy atom. The van der Waals surface area contributed by atoms with Crippen molar-refractivity contribution in [2.75, 3.05) is 31.3 Å². The fraction of sp³-hybridized carbons (Fsp3) is 0.154. The number of hydrogen-bond acceptors (Lipinski definition) is 6. The number of nitrogens with zero attached hydrogens (tertiary/aromatic N) is 1. The van der Waals surface area contributed by atoms with Crippen LogP contribution in [0.25, 0.3) is 6.08 Å². The fourth-order valence-electron chi connectivity index (χ4n) is 3.17. The van der Waals surface area contributed by atoms with Crippen molar-refractivity contribution in [2.24, 2.45) is 0 Å². The highest BCUT2D eigenvalue weighted by atomic mass is 32.2. The molecule has 1 fully saturated rings. The van der Waals surface area contributed by atoms with E-state index < -0.39 is 0 Å². The monoisotopic (exact) mass is 477 g/mol. The van der Waals surface area contributed by atoms with E-state index >= 15 is 0 Å². The molecule has 0 radical (unpaired) electrons. The minimum absolute atomic E-state index is 0.117. The SMILES string of the molecule is O=C1C(=Cc2cccc(OCCOCCOc3ccccc3)c2)SC(=S)N1c1ccccc1. The predicted molar refractivity (Wildman–Crippen MR) is 137 cm³/mol. The summed E-state index contributed by atoms with van der Waals surface area (Å²) in [4.78, 5) is 15.0. The van der Waals surface area contributed by atoms with Crippen molar-refractivity contribution in [1.82, 2.24) is 0 Å². The topological polar surface area (TPSA) is 48.0 Å². The number of rotatable bonds is 10. The molecular weight excluding hydrogens is 454 g/mol. The van der Waals surface area contributed by atoms with Gasteiger partial charge in [-0.05, 0) is 48.0 Å². The molecule has 0 unspecified atom stereocenters. The Hall–Kier alpha value is -3.13. The van der Waals surface area contributed by atoms with Gasteiger partial charge in [-0.25, -0.2) is 0 Å². The number of para-hydroxylation sites is 2. The zero-order valence-corrected chi connectivity index (χ0v) is 19.5. The maximum Gasteiger partial charge on any atom is 0.270 e. The molecule has 1 heterocycles. The Morgan fingerprint density at radius 1 is 0.788 bits per heavy atom. The van der Waals surface area contributed by atoms with Crippen LogP contribution in [0.3, 0.4) is 0 Å². The van der Waals surface area contributed by atoms with E-state index in [-0.39, 0.29) is 5.91 Å². The molecule has 7 heteroatoms. The Labute approximate surface area is 203 Å². The highest BCUT2D eigenvalue weighted by molar-refractivity contribution is 8.27. The zero-order valence-electron chi connectivity index (χ0n) is 17.9. The van der Waals surface area contributed by atoms with Gasteiger partial charge in [0, 0.05) is 0 Å². The maximum absolute atomic E-state index is 12.9. The average Bonchev–Trinajstić information content (AvgIpc) is 3.12. The molecule has 0 aromatic heterocycles. The largest absolute Gasteiger partial charge is 0.491 e. The minimum Gasteiger partial charge on any atom is -0.491 e. The Bertz CT molecular complexity index is 1120. The standard InChI is InChI=1S/C26H23NO4S2/c28-25-24(33-26(32)27(25)21-9-3-1-4-10-21)19-20-8-7-13-23(18-20)31-17-15-29-14-16-30-22-11-5-2-6-12-22/h1-13,18-19H,14-17H2. The molecule has 168 valence electrons. The quantitative estimate of drug-likeness (QED) is 0.216. The second-order valence-corrected chi connectivity index (χ2v) is 8.72. The van der Waals surface area contributed by atoms with Gasteiger partial charge in [-0.3, -0.25) is 9.69 Å². The number of ether oxygens (including phenoxy) is 3. The molecule has 3 aromatic carbocycles. The molecule has 1 amide bonds. The normalized spacial score (nSPS) is 14.7. The third-order valence-electron chi connectivity index (χ3n) is 4.70. The first-order chi connectivity index (χ1) is 16.2. The van der Waals surface area contributed by atoms with Crippen LogP contribution in [-0.4, -0.2) is 36.7 Å². The Kier molecular flexibility index (Phi) is 8.14. The van der Waals surface area contributed by atoms with Crippen LogP contribution < -0.4 is 14.4 Å². The average molecular weight is 478 g/mol. The maximum atomic E-state index is 12.9. The molecule has 3 aromatic rings. The smallest absolute Gasteiger partial charge is 0.270 e. The summed E-state index contributed by atoms with van der Waals surface area (Å²) < 4.78 is 17.5. The van der Waals surface area contributed by atoms with Crippen LogP contribution in [0.15, 0.2) is 89.8 Å². The van der Waals surface area contributed by atoms with Gasteiger partial charge in [0.25, 0.3) is 5.91 Å². The van der Waals surface area contributed by atoms with Crippen molar-refractivity contribution in [3.05, 3.63) is 95.4 Å². The summed E-state index contributed by atoms with van der Waals surface area (Å²) in [6.07, 6.45) is 1.84. The molecule has 4 rings (SSSR count). The molecule has 33 heavy (non-hydrogen) atoms. The summed E-state index contributed by atoms with van der Waals surface area (Å²) >= 11 is 6.73. The molecule has 5 nitrogen and oxygen atoms in total. The fourth-order valence-corrected chi connectivity index (χ4v) is 4.47. The van der Waals surface area contributed by atoms with E-state index in [2.05, 4.69) is 0 Å². The second kappa shape index (κ2) is 11.7. The highest BCUT2D eigenvalue weighted by Gasteiger charge is 2.33. The van der Waals surface area contributed by atoms with Crippen LogP contribution in [0.4, 0.5) is 5.69 Å². The van der Waals surface area contributed by atoms with Gasteiger partial charge >= 0.3 is 0 Å². The van der Waals surface area contributed by atoms with Crippen LogP contribution in [0.1, 0.15) is 5.56 Å². The first-order valence-electron chi connectivity index (χ1n) is 10.5. The van der Waals surface area contributed by atoms with Gasteiger partial charge < -0.3 is 14.2 Å². The first kappa shape index (κ1) is 23.0. The number of hydrogen-bond donors (Lipinski definition) is 0. The third-order valence-corrected chi connectivity index (χ3v) is 6.00.